The van der Waals surface area contributed by atoms with E-state index in [1.165, 1.54) is 57.8 Å². The first-order valence-corrected chi connectivity index (χ1v) is 8.31. The lowest BCUT2D eigenvalue weighted by molar-refractivity contribution is 0.0342. The summed E-state index contributed by atoms with van der Waals surface area (Å²) < 4.78 is 5.49. The number of unbranched alkanes of at least 4 members (excludes halogenated alkanes) is 9. The van der Waals surface area contributed by atoms with Gasteiger partial charge in [-0.15, -0.1) is 0 Å². The third-order valence-electron chi connectivity index (χ3n) is 4.16. The second-order valence-corrected chi connectivity index (χ2v) is 6.00. The van der Waals surface area contributed by atoms with E-state index >= 15 is 0 Å². The molecular formula is C16H33NO2. The molecule has 0 aliphatic carbocycles. The van der Waals surface area contributed by atoms with Gasteiger partial charge in [0.05, 0.1) is 24.9 Å². The number of ether oxygens (including phenoxy) is 1. The van der Waals surface area contributed by atoms with Crippen molar-refractivity contribution in [3.05, 3.63) is 0 Å². The van der Waals surface area contributed by atoms with Crippen LogP contribution >= 0.6 is 0 Å². The molecule has 1 aliphatic heterocycles. The zero-order valence-corrected chi connectivity index (χ0v) is 12.7. The van der Waals surface area contributed by atoms with E-state index in [2.05, 4.69) is 6.92 Å². The molecule has 0 bridgehead atoms. The van der Waals surface area contributed by atoms with Crippen LogP contribution in [0.2, 0.25) is 0 Å². The Morgan fingerprint density at radius 3 is 1.95 bits per heavy atom. The first-order valence-electron chi connectivity index (χ1n) is 8.31. The summed E-state index contributed by atoms with van der Waals surface area (Å²) in [5.41, 5.74) is 5.71. The minimum atomic E-state index is -0.446. The van der Waals surface area contributed by atoms with Crippen LogP contribution in [0.4, 0.5) is 0 Å². The number of hydrogen-bond acceptors (Lipinski definition) is 3. The van der Waals surface area contributed by atoms with Gasteiger partial charge in [0.2, 0.25) is 0 Å². The lowest BCUT2D eigenvalue weighted by atomic mass is 10.0. The Bertz CT molecular complexity index is 211. The van der Waals surface area contributed by atoms with Crippen LogP contribution in [0.15, 0.2) is 0 Å². The average Bonchev–Trinajstić information content (AvgIpc) is 2.73. The Morgan fingerprint density at radius 1 is 0.947 bits per heavy atom. The van der Waals surface area contributed by atoms with Gasteiger partial charge in [-0.2, -0.15) is 0 Å². The van der Waals surface area contributed by atoms with E-state index in [-0.39, 0.29) is 12.1 Å². The van der Waals surface area contributed by atoms with Gasteiger partial charge < -0.3 is 15.6 Å². The second kappa shape index (κ2) is 10.6. The zero-order valence-electron chi connectivity index (χ0n) is 12.7. The fourth-order valence-corrected chi connectivity index (χ4v) is 2.79. The van der Waals surface area contributed by atoms with E-state index in [1.54, 1.807) is 0 Å². The molecule has 0 unspecified atom stereocenters. The number of aliphatic hydroxyl groups is 1. The van der Waals surface area contributed by atoms with E-state index < -0.39 is 6.10 Å². The standard InChI is InChI=1S/C16H33NO2/c1-2-3-4-5-6-7-8-9-10-11-12-15-16(18)14(17)13-19-15/h14-16,18H,2-13,17H2,1H3/t14-,15-,16-/m0/s1. The van der Waals surface area contributed by atoms with Crippen LogP contribution in [0.3, 0.4) is 0 Å². The van der Waals surface area contributed by atoms with E-state index in [9.17, 15) is 5.11 Å². The minimum absolute atomic E-state index is 0.0101. The molecule has 1 heterocycles. The quantitative estimate of drug-likeness (QED) is 0.566. The normalized spacial score (nSPS) is 27.0. The maximum absolute atomic E-state index is 9.75. The molecule has 19 heavy (non-hydrogen) atoms. The average molecular weight is 271 g/mol. The molecule has 0 aromatic rings. The number of rotatable bonds is 11. The highest BCUT2D eigenvalue weighted by atomic mass is 16.5. The molecule has 0 spiro atoms. The molecule has 1 fully saturated rings. The maximum Gasteiger partial charge on any atom is 0.0974 e. The van der Waals surface area contributed by atoms with Gasteiger partial charge in [-0.1, -0.05) is 71.1 Å². The summed E-state index contributed by atoms with van der Waals surface area (Å²) >= 11 is 0. The fourth-order valence-electron chi connectivity index (χ4n) is 2.79. The van der Waals surface area contributed by atoms with Gasteiger partial charge in [-0.05, 0) is 6.42 Å². The van der Waals surface area contributed by atoms with Crippen molar-refractivity contribution in [2.45, 2.75) is 95.8 Å². The molecule has 1 saturated heterocycles. The first kappa shape index (κ1) is 16.9. The minimum Gasteiger partial charge on any atom is -0.389 e. The summed E-state index contributed by atoms with van der Waals surface area (Å²) in [5, 5.41) is 9.75. The van der Waals surface area contributed by atoms with Crippen LogP contribution in [0, 0.1) is 0 Å². The van der Waals surface area contributed by atoms with E-state index in [1.807, 2.05) is 0 Å². The molecule has 3 heteroatoms. The predicted molar refractivity (Wildman–Crippen MR) is 80.2 cm³/mol. The molecule has 3 atom stereocenters. The molecule has 114 valence electrons. The molecule has 3 N–H and O–H groups in total. The number of nitrogens with two attached hydrogens (primary N) is 1. The van der Waals surface area contributed by atoms with Crippen molar-refractivity contribution in [2.24, 2.45) is 5.73 Å². The summed E-state index contributed by atoms with van der Waals surface area (Å²) in [5.74, 6) is 0. The van der Waals surface area contributed by atoms with Gasteiger partial charge in [0.1, 0.15) is 0 Å². The van der Waals surface area contributed by atoms with Gasteiger partial charge in [0.15, 0.2) is 0 Å². The highest BCUT2D eigenvalue weighted by molar-refractivity contribution is 4.85. The second-order valence-electron chi connectivity index (χ2n) is 6.00. The van der Waals surface area contributed by atoms with Crippen molar-refractivity contribution in [1.82, 2.24) is 0 Å². The SMILES string of the molecule is CCCCCCCCCCCC[C@@H]1OC[C@H](N)[C@@H]1O. The predicted octanol–water partition coefficient (Wildman–Crippen LogP) is 3.38. The highest BCUT2D eigenvalue weighted by Crippen LogP contribution is 2.19. The third-order valence-corrected chi connectivity index (χ3v) is 4.16. The molecular weight excluding hydrogens is 238 g/mol. The van der Waals surface area contributed by atoms with Gasteiger partial charge in [-0.3, -0.25) is 0 Å². The van der Waals surface area contributed by atoms with Crippen LogP contribution in [0.1, 0.15) is 77.6 Å². The summed E-state index contributed by atoms with van der Waals surface area (Å²) in [6, 6.07) is -0.173. The Kier molecular flexibility index (Phi) is 9.48. The van der Waals surface area contributed by atoms with Crippen LogP contribution in [-0.2, 0) is 4.74 Å². The van der Waals surface area contributed by atoms with Crippen molar-refractivity contribution in [3.63, 3.8) is 0 Å². The van der Waals surface area contributed by atoms with E-state index in [0.717, 1.165) is 12.8 Å². The van der Waals surface area contributed by atoms with Crippen LogP contribution < -0.4 is 5.73 Å². The topological polar surface area (TPSA) is 55.5 Å². The largest absolute Gasteiger partial charge is 0.389 e. The molecule has 3 nitrogen and oxygen atoms in total. The first-order chi connectivity index (χ1) is 9.25. The molecule has 0 aromatic carbocycles. The molecule has 1 rings (SSSR count). The van der Waals surface area contributed by atoms with Crippen LogP contribution in [-0.4, -0.2) is 30.0 Å². The summed E-state index contributed by atoms with van der Waals surface area (Å²) in [7, 11) is 0. The van der Waals surface area contributed by atoms with E-state index in [0.29, 0.717) is 6.61 Å². The van der Waals surface area contributed by atoms with Crippen molar-refractivity contribution in [1.29, 1.82) is 0 Å². The Morgan fingerprint density at radius 2 is 1.47 bits per heavy atom. The van der Waals surface area contributed by atoms with Crippen LogP contribution in [0.25, 0.3) is 0 Å². The summed E-state index contributed by atoms with van der Waals surface area (Å²) in [6.07, 6.45) is 13.9. The monoisotopic (exact) mass is 271 g/mol. The fraction of sp³-hybridized carbons (Fsp3) is 1.00. The maximum atomic E-state index is 9.75. The lowest BCUT2D eigenvalue weighted by Gasteiger charge is -2.14. The molecule has 1 aliphatic rings. The lowest BCUT2D eigenvalue weighted by Crippen LogP contribution is -2.36. The van der Waals surface area contributed by atoms with Gasteiger partial charge in [0, 0.05) is 0 Å². The molecule has 0 saturated carbocycles. The summed E-state index contributed by atoms with van der Waals surface area (Å²) in [6.45, 7) is 2.78. The van der Waals surface area contributed by atoms with Crippen molar-refractivity contribution in [3.8, 4) is 0 Å². The van der Waals surface area contributed by atoms with Crippen molar-refractivity contribution >= 4 is 0 Å². The van der Waals surface area contributed by atoms with Gasteiger partial charge >= 0.3 is 0 Å². The summed E-state index contributed by atoms with van der Waals surface area (Å²) in [4.78, 5) is 0. The third kappa shape index (κ3) is 7.28. The van der Waals surface area contributed by atoms with Gasteiger partial charge in [-0.25, -0.2) is 0 Å². The highest BCUT2D eigenvalue weighted by Gasteiger charge is 2.32. The smallest absolute Gasteiger partial charge is 0.0974 e. The molecule has 0 aromatic heterocycles. The molecule has 0 radical (unpaired) electrons. The van der Waals surface area contributed by atoms with Crippen molar-refractivity contribution < 1.29 is 9.84 Å². The number of hydrogen-bond donors (Lipinski definition) is 2. The molecule has 0 amide bonds. The van der Waals surface area contributed by atoms with Crippen LogP contribution in [0.5, 0.6) is 0 Å². The Balaban J connectivity index is 1.81. The Labute approximate surface area is 118 Å². The van der Waals surface area contributed by atoms with Crippen molar-refractivity contribution in [2.75, 3.05) is 6.61 Å². The Hall–Kier alpha value is -0.120. The van der Waals surface area contributed by atoms with E-state index in [4.69, 9.17) is 10.5 Å². The number of aliphatic hydroxyl groups excluding tert-OH is 1. The van der Waals surface area contributed by atoms with Gasteiger partial charge in [0.25, 0.3) is 0 Å². The zero-order chi connectivity index (χ0) is 13.9.